The first-order chi connectivity index (χ1) is 19.5. The van der Waals surface area contributed by atoms with E-state index in [1.54, 1.807) is 13.8 Å². The lowest BCUT2D eigenvalue weighted by atomic mass is 10.0. The number of carbonyl (C=O) groups is 3. The maximum atomic E-state index is 13.5. The van der Waals surface area contributed by atoms with Crippen molar-refractivity contribution < 1.29 is 45.5 Å². The average Bonchev–Trinajstić information content (AvgIpc) is 3.42. The van der Waals surface area contributed by atoms with Gasteiger partial charge < -0.3 is 24.1 Å². The van der Waals surface area contributed by atoms with Gasteiger partial charge in [-0.25, -0.2) is 8.42 Å². The number of ether oxygens (including phenoxy) is 2. The first-order valence-corrected chi connectivity index (χ1v) is 15.1. The number of aryl methyl sites for hydroxylation is 1. The molecule has 1 aromatic heterocycles. The molecule has 0 aliphatic carbocycles. The SMILES string of the molecule is CCCC(NC(=O)C(CC(=O)N1CCOCC1)CS(=O)(=O)Cc1ccccc1OC(F)F)C(=O)c1nnc(CC)o1. The second-order valence-electron chi connectivity index (χ2n) is 9.50. The van der Waals surface area contributed by atoms with Crippen molar-refractivity contribution in [3.63, 3.8) is 0 Å². The van der Waals surface area contributed by atoms with Gasteiger partial charge in [-0.15, -0.1) is 10.2 Å². The normalized spacial score (nSPS) is 15.4. The largest absolute Gasteiger partial charge is 0.435 e. The number of hydrogen-bond donors (Lipinski definition) is 1. The number of ketones is 1. The number of alkyl halides is 2. The van der Waals surface area contributed by atoms with Crippen LogP contribution in [-0.2, 0) is 36.3 Å². The third-order valence-electron chi connectivity index (χ3n) is 6.37. The topological polar surface area (TPSA) is 158 Å². The zero-order valence-electron chi connectivity index (χ0n) is 22.9. The zero-order chi connectivity index (χ0) is 30.0. The molecule has 226 valence electrons. The van der Waals surface area contributed by atoms with Gasteiger partial charge >= 0.3 is 6.61 Å². The van der Waals surface area contributed by atoms with Crippen LogP contribution in [0, 0.1) is 5.92 Å². The molecule has 2 unspecified atom stereocenters. The Hall–Kier alpha value is -3.46. The summed E-state index contributed by atoms with van der Waals surface area (Å²) in [6.07, 6.45) is 0.639. The van der Waals surface area contributed by atoms with Gasteiger partial charge in [0, 0.05) is 31.5 Å². The van der Waals surface area contributed by atoms with Gasteiger partial charge in [0.25, 0.3) is 5.89 Å². The number of halogens is 2. The summed E-state index contributed by atoms with van der Waals surface area (Å²) in [6.45, 7) is 1.57. The van der Waals surface area contributed by atoms with Crippen LogP contribution in [0.4, 0.5) is 8.78 Å². The molecule has 41 heavy (non-hydrogen) atoms. The van der Waals surface area contributed by atoms with E-state index in [0.717, 1.165) is 0 Å². The molecule has 2 aromatic rings. The van der Waals surface area contributed by atoms with Gasteiger partial charge in [0.2, 0.25) is 23.5 Å². The van der Waals surface area contributed by atoms with Crippen molar-refractivity contribution in [2.24, 2.45) is 5.92 Å². The van der Waals surface area contributed by atoms with Crippen molar-refractivity contribution in [1.29, 1.82) is 0 Å². The van der Waals surface area contributed by atoms with Crippen LogP contribution in [0.5, 0.6) is 5.75 Å². The minimum absolute atomic E-state index is 0.0198. The molecule has 12 nitrogen and oxygen atoms in total. The minimum atomic E-state index is -4.14. The van der Waals surface area contributed by atoms with Crippen molar-refractivity contribution in [2.45, 2.75) is 57.9 Å². The molecular formula is C26H34F2N4O8S. The van der Waals surface area contributed by atoms with Crippen molar-refractivity contribution in [3.05, 3.63) is 41.6 Å². The van der Waals surface area contributed by atoms with Gasteiger partial charge in [0.05, 0.1) is 36.7 Å². The Labute approximate surface area is 236 Å². The second kappa shape index (κ2) is 15.0. The van der Waals surface area contributed by atoms with Crippen molar-refractivity contribution >= 4 is 27.4 Å². The number of nitrogens with one attached hydrogen (secondary N) is 1. The first kappa shape index (κ1) is 32.1. The fraction of sp³-hybridized carbons (Fsp3) is 0.577. The first-order valence-electron chi connectivity index (χ1n) is 13.3. The molecule has 0 spiro atoms. The molecule has 1 aromatic carbocycles. The Bertz CT molecular complexity index is 1300. The number of rotatable bonds is 15. The van der Waals surface area contributed by atoms with E-state index in [-0.39, 0.29) is 42.6 Å². The van der Waals surface area contributed by atoms with Gasteiger partial charge in [-0.3, -0.25) is 14.4 Å². The van der Waals surface area contributed by atoms with Crippen LogP contribution in [0.15, 0.2) is 28.7 Å². The molecule has 2 heterocycles. The zero-order valence-corrected chi connectivity index (χ0v) is 23.7. The maximum absolute atomic E-state index is 13.5. The van der Waals surface area contributed by atoms with E-state index in [1.165, 1.54) is 29.2 Å². The molecule has 1 aliphatic heterocycles. The van der Waals surface area contributed by atoms with E-state index in [4.69, 9.17) is 9.15 Å². The number of morpholine rings is 1. The van der Waals surface area contributed by atoms with Crippen LogP contribution in [0.1, 0.15) is 55.2 Å². The average molecular weight is 601 g/mol. The minimum Gasteiger partial charge on any atom is -0.435 e. The van der Waals surface area contributed by atoms with Gasteiger partial charge in [0.15, 0.2) is 9.84 Å². The van der Waals surface area contributed by atoms with Crippen LogP contribution in [0.3, 0.4) is 0 Å². The van der Waals surface area contributed by atoms with E-state index in [9.17, 15) is 31.6 Å². The van der Waals surface area contributed by atoms with Gasteiger partial charge in [-0.1, -0.05) is 38.5 Å². The molecule has 0 radical (unpaired) electrons. The standard InChI is InChI=1S/C26H34F2N4O8S/c1-3-7-19(23(34)25-31-30-21(4-2)40-25)29-24(35)18(14-22(33)32-10-12-38-13-11-32)16-41(36,37)15-17-8-5-6-9-20(17)39-26(27)28/h5-6,8-9,18-19,26H,3-4,7,10-16H2,1-2H3,(H,29,35). The lowest BCUT2D eigenvalue weighted by molar-refractivity contribution is -0.139. The molecule has 1 fully saturated rings. The van der Waals surface area contributed by atoms with Crippen molar-refractivity contribution in [3.8, 4) is 5.75 Å². The summed E-state index contributed by atoms with van der Waals surface area (Å²) < 4.78 is 67.2. The Morgan fingerprint density at radius 3 is 2.46 bits per heavy atom. The maximum Gasteiger partial charge on any atom is 0.387 e. The summed E-state index contributed by atoms with van der Waals surface area (Å²) in [5.41, 5.74) is -0.0198. The molecule has 1 N–H and O–H groups in total. The van der Waals surface area contributed by atoms with E-state index >= 15 is 0 Å². The number of aromatic nitrogens is 2. The predicted octanol–water partition coefficient (Wildman–Crippen LogP) is 2.18. The van der Waals surface area contributed by atoms with Crippen LogP contribution in [0.2, 0.25) is 0 Å². The summed E-state index contributed by atoms with van der Waals surface area (Å²) in [6, 6.07) is 4.34. The van der Waals surface area contributed by atoms with Crippen molar-refractivity contribution in [1.82, 2.24) is 20.4 Å². The fourth-order valence-corrected chi connectivity index (χ4v) is 6.02. The number of hydrogen-bond acceptors (Lipinski definition) is 10. The van der Waals surface area contributed by atoms with Gasteiger partial charge in [-0.2, -0.15) is 8.78 Å². The number of amides is 2. The van der Waals surface area contributed by atoms with Crippen LogP contribution in [-0.4, -0.2) is 85.8 Å². The Morgan fingerprint density at radius 2 is 1.83 bits per heavy atom. The fourth-order valence-electron chi connectivity index (χ4n) is 4.31. The number of carbonyl (C=O) groups excluding carboxylic acids is 3. The number of nitrogens with zero attached hydrogens (tertiary/aromatic N) is 3. The quantitative estimate of drug-likeness (QED) is 0.300. The van der Waals surface area contributed by atoms with E-state index in [2.05, 4.69) is 20.3 Å². The lowest BCUT2D eigenvalue weighted by Gasteiger charge is -2.28. The van der Waals surface area contributed by atoms with E-state index < -0.39 is 63.9 Å². The third-order valence-corrected chi connectivity index (χ3v) is 8.03. The molecule has 1 saturated heterocycles. The molecule has 3 rings (SSSR count). The van der Waals surface area contributed by atoms with Crippen LogP contribution >= 0.6 is 0 Å². The molecule has 2 amide bonds. The van der Waals surface area contributed by atoms with Crippen molar-refractivity contribution in [2.75, 3.05) is 32.1 Å². The highest BCUT2D eigenvalue weighted by atomic mass is 32.2. The monoisotopic (exact) mass is 600 g/mol. The predicted molar refractivity (Wildman–Crippen MR) is 141 cm³/mol. The molecule has 0 bridgehead atoms. The van der Waals surface area contributed by atoms with E-state index in [0.29, 0.717) is 26.1 Å². The molecule has 2 atom stereocenters. The highest BCUT2D eigenvalue weighted by Crippen LogP contribution is 2.24. The highest BCUT2D eigenvalue weighted by Gasteiger charge is 2.34. The van der Waals surface area contributed by atoms with E-state index in [1.807, 2.05) is 0 Å². The number of benzene rings is 1. The number of Topliss-reactive ketones (excluding diaryl/α,β-unsaturated/α-hetero) is 1. The summed E-state index contributed by atoms with van der Waals surface area (Å²) in [5, 5.41) is 10.1. The third kappa shape index (κ3) is 9.56. The Morgan fingerprint density at radius 1 is 1.12 bits per heavy atom. The molecule has 15 heteroatoms. The lowest BCUT2D eigenvalue weighted by Crippen LogP contribution is -2.47. The highest BCUT2D eigenvalue weighted by molar-refractivity contribution is 7.90. The molecular weight excluding hydrogens is 566 g/mol. The second-order valence-corrected chi connectivity index (χ2v) is 11.6. The number of sulfone groups is 1. The van der Waals surface area contributed by atoms with Gasteiger partial charge in [0.1, 0.15) is 5.75 Å². The molecule has 1 aliphatic rings. The number of para-hydroxylation sites is 1. The smallest absolute Gasteiger partial charge is 0.387 e. The summed E-state index contributed by atoms with van der Waals surface area (Å²) in [4.78, 5) is 41.0. The Kier molecular flexibility index (Phi) is 11.7. The summed E-state index contributed by atoms with van der Waals surface area (Å²) >= 11 is 0. The van der Waals surface area contributed by atoms with Gasteiger partial charge in [-0.05, 0) is 12.5 Å². The van der Waals surface area contributed by atoms with Crippen LogP contribution in [0.25, 0.3) is 0 Å². The Balaban J connectivity index is 1.83. The van der Waals surface area contributed by atoms with Crippen LogP contribution < -0.4 is 10.1 Å². The summed E-state index contributed by atoms with van der Waals surface area (Å²) in [5.74, 6) is -5.11. The molecule has 0 saturated carbocycles. The summed E-state index contributed by atoms with van der Waals surface area (Å²) in [7, 11) is -4.14.